The SMILES string of the molecule is COC(=O)c1ccccc1N1CC(C(=O)N(Cc2ccccn2)c2ccccc2O)CC1=O. The fourth-order valence-electron chi connectivity index (χ4n) is 3.95. The molecule has 8 nitrogen and oxygen atoms in total. The number of carbonyl (C=O) groups excluding carboxylic acids is 3. The average Bonchev–Trinajstić information content (AvgIpc) is 3.24. The van der Waals surface area contributed by atoms with E-state index >= 15 is 0 Å². The molecule has 0 spiro atoms. The van der Waals surface area contributed by atoms with Crippen molar-refractivity contribution >= 4 is 29.2 Å². The summed E-state index contributed by atoms with van der Waals surface area (Å²) in [5, 5.41) is 10.4. The fourth-order valence-corrected chi connectivity index (χ4v) is 3.95. The summed E-state index contributed by atoms with van der Waals surface area (Å²) < 4.78 is 4.83. The van der Waals surface area contributed by atoms with Crippen molar-refractivity contribution in [2.24, 2.45) is 5.92 Å². The van der Waals surface area contributed by atoms with Crippen molar-refractivity contribution in [3.8, 4) is 5.75 Å². The van der Waals surface area contributed by atoms with E-state index in [1.165, 1.54) is 23.0 Å². The van der Waals surface area contributed by atoms with Gasteiger partial charge >= 0.3 is 5.97 Å². The van der Waals surface area contributed by atoms with Crippen LogP contribution in [0.15, 0.2) is 72.9 Å². The summed E-state index contributed by atoms with van der Waals surface area (Å²) in [5.74, 6) is -1.84. The average molecular weight is 445 g/mol. The molecule has 8 heteroatoms. The highest BCUT2D eigenvalue weighted by molar-refractivity contribution is 6.07. The minimum absolute atomic E-state index is 0.0132. The molecule has 168 valence electrons. The van der Waals surface area contributed by atoms with Gasteiger partial charge in [-0.1, -0.05) is 30.3 Å². The number of nitrogens with zero attached hydrogens (tertiary/aromatic N) is 3. The van der Waals surface area contributed by atoms with E-state index in [1.54, 1.807) is 60.8 Å². The Kier molecular flexibility index (Phi) is 6.35. The van der Waals surface area contributed by atoms with Gasteiger partial charge in [0.1, 0.15) is 5.75 Å². The quantitative estimate of drug-likeness (QED) is 0.585. The second-order valence-corrected chi connectivity index (χ2v) is 7.65. The summed E-state index contributed by atoms with van der Waals surface area (Å²) in [6.07, 6.45) is 1.62. The van der Waals surface area contributed by atoms with E-state index < -0.39 is 11.9 Å². The molecule has 2 amide bonds. The van der Waals surface area contributed by atoms with E-state index in [2.05, 4.69) is 4.98 Å². The summed E-state index contributed by atoms with van der Waals surface area (Å²) in [6, 6.07) is 18.6. The number of phenolic OH excluding ortho intramolecular Hbond substituents is 1. The number of ether oxygens (including phenoxy) is 1. The molecule has 0 radical (unpaired) electrons. The lowest BCUT2D eigenvalue weighted by Crippen LogP contribution is -2.37. The molecule has 33 heavy (non-hydrogen) atoms. The number of hydrogen-bond donors (Lipinski definition) is 1. The number of pyridine rings is 1. The number of esters is 1. The maximum atomic E-state index is 13.6. The Balaban J connectivity index is 1.64. The Labute approximate surface area is 191 Å². The van der Waals surface area contributed by atoms with Crippen LogP contribution in [0.1, 0.15) is 22.5 Å². The van der Waals surface area contributed by atoms with Crippen molar-refractivity contribution < 1.29 is 24.2 Å². The van der Waals surface area contributed by atoms with Crippen LogP contribution in [0, 0.1) is 5.92 Å². The summed E-state index contributed by atoms with van der Waals surface area (Å²) in [5.41, 5.74) is 1.65. The lowest BCUT2D eigenvalue weighted by molar-refractivity contribution is -0.124. The van der Waals surface area contributed by atoms with E-state index in [4.69, 9.17) is 4.74 Å². The number of amides is 2. The van der Waals surface area contributed by atoms with E-state index in [9.17, 15) is 19.5 Å². The Hall–Kier alpha value is -4.20. The maximum absolute atomic E-state index is 13.6. The van der Waals surface area contributed by atoms with Gasteiger partial charge in [-0.05, 0) is 36.4 Å². The Morgan fingerprint density at radius 3 is 2.55 bits per heavy atom. The molecule has 1 aliphatic rings. The van der Waals surface area contributed by atoms with Gasteiger partial charge in [-0.25, -0.2) is 4.79 Å². The Bertz CT molecular complexity index is 1180. The Morgan fingerprint density at radius 1 is 1.09 bits per heavy atom. The number of benzene rings is 2. The summed E-state index contributed by atoms with van der Waals surface area (Å²) in [7, 11) is 1.28. The highest BCUT2D eigenvalue weighted by Crippen LogP contribution is 2.33. The van der Waals surface area contributed by atoms with Crippen molar-refractivity contribution in [1.29, 1.82) is 0 Å². The number of anilines is 2. The van der Waals surface area contributed by atoms with Gasteiger partial charge in [-0.3, -0.25) is 14.6 Å². The van der Waals surface area contributed by atoms with Crippen LogP contribution in [0.25, 0.3) is 0 Å². The van der Waals surface area contributed by atoms with Gasteiger partial charge in [-0.2, -0.15) is 0 Å². The molecule has 2 aromatic carbocycles. The number of rotatable bonds is 6. The molecule has 1 atom stereocenters. The van der Waals surface area contributed by atoms with Crippen LogP contribution in [-0.4, -0.2) is 41.5 Å². The monoisotopic (exact) mass is 445 g/mol. The van der Waals surface area contributed by atoms with E-state index in [0.717, 1.165) is 0 Å². The van der Waals surface area contributed by atoms with Gasteiger partial charge in [-0.15, -0.1) is 0 Å². The molecule has 3 aromatic rings. The highest BCUT2D eigenvalue weighted by Gasteiger charge is 2.39. The lowest BCUT2D eigenvalue weighted by atomic mass is 10.1. The molecule has 4 rings (SSSR count). The van der Waals surface area contributed by atoms with E-state index in [-0.39, 0.29) is 42.6 Å². The molecule has 1 saturated heterocycles. The van der Waals surface area contributed by atoms with Crippen LogP contribution in [0.2, 0.25) is 0 Å². The first kappa shape index (κ1) is 22.0. The summed E-state index contributed by atoms with van der Waals surface area (Å²) in [4.78, 5) is 45.9. The van der Waals surface area contributed by atoms with Crippen molar-refractivity contribution in [1.82, 2.24) is 4.98 Å². The second kappa shape index (κ2) is 9.52. The van der Waals surface area contributed by atoms with E-state index in [1.807, 2.05) is 6.07 Å². The zero-order valence-corrected chi connectivity index (χ0v) is 18.0. The zero-order valence-electron chi connectivity index (χ0n) is 18.0. The normalized spacial score (nSPS) is 15.4. The molecule has 0 aliphatic carbocycles. The fraction of sp³-hybridized carbons (Fsp3) is 0.200. The molecular weight excluding hydrogens is 422 g/mol. The second-order valence-electron chi connectivity index (χ2n) is 7.65. The number of aromatic hydroxyl groups is 1. The van der Waals surface area contributed by atoms with Gasteiger partial charge in [0, 0.05) is 19.2 Å². The molecule has 2 heterocycles. The predicted octanol–water partition coefficient (Wildman–Crippen LogP) is 3.16. The first-order valence-electron chi connectivity index (χ1n) is 10.5. The first-order valence-corrected chi connectivity index (χ1v) is 10.5. The molecule has 1 aromatic heterocycles. The van der Waals surface area contributed by atoms with Crippen molar-refractivity contribution in [3.63, 3.8) is 0 Å². The van der Waals surface area contributed by atoms with Crippen molar-refractivity contribution in [3.05, 3.63) is 84.2 Å². The largest absolute Gasteiger partial charge is 0.506 e. The molecule has 1 fully saturated rings. The minimum atomic E-state index is -0.661. The number of hydrogen-bond acceptors (Lipinski definition) is 6. The van der Waals surface area contributed by atoms with Crippen LogP contribution >= 0.6 is 0 Å². The zero-order chi connectivity index (χ0) is 23.4. The molecular formula is C25H23N3O5. The topological polar surface area (TPSA) is 100 Å². The Morgan fingerprint density at radius 2 is 1.82 bits per heavy atom. The van der Waals surface area contributed by atoms with Crippen LogP contribution in [0.3, 0.4) is 0 Å². The third kappa shape index (κ3) is 4.55. The summed E-state index contributed by atoms with van der Waals surface area (Å²) >= 11 is 0. The molecule has 1 aliphatic heterocycles. The number of para-hydroxylation sites is 3. The highest BCUT2D eigenvalue weighted by atomic mass is 16.5. The van der Waals surface area contributed by atoms with Gasteiger partial charge in [0.15, 0.2) is 0 Å². The van der Waals surface area contributed by atoms with Crippen molar-refractivity contribution in [2.75, 3.05) is 23.5 Å². The number of phenols is 1. The molecule has 0 saturated carbocycles. The lowest BCUT2D eigenvalue weighted by Gasteiger charge is -2.26. The smallest absolute Gasteiger partial charge is 0.339 e. The third-order valence-corrected chi connectivity index (χ3v) is 5.56. The summed E-state index contributed by atoms with van der Waals surface area (Å²) in [6.45, 7) is 0.249. The molecule has 0 bridgehead atoms. The third-order valence-electron chi connectivity index (χ3n) is 5.56. The van der Waals surface area contributed by atoms with Crippen LogP contribution in [0.4, 0.5) is 11.4 Å². The van der Waals surface area contributed by atoms with E-state index in [0.29, 0.717) is 17.1 Å². The van der Waals surface area contributed by atoms with Crippen LogP contribution in [0.5, 0.6) is 5.75 Å². The van der Waals surface area contributed by atoms with Gasteiger partial charge in [0.05, 0.1) is 42.2 Å². The van der Waals surface area contributed by atoms with Gasteiger partial charge < -0.3 is 19.6 Å². The predicted molar refractivity (Wildman–Crippen MR) is 122 cm³/mol. The number of aromatic nitrogens is 1. The standard InChI is InChI=1S/C25H23N3O5/c1-33-25(32)19-9-2-3-10-20(19)27-15-17(14-23(27)30)24(31)28(16-18-8-6-7-13-26-18)21-11-4-5-12-22(21)29/h2-13,17,29H,14-16H2,1H3. The molecule has 1 N–H and O–H groups in total. The minimum Gasteiger partial charge on any atom is -0.506 e. The van der Waals surface area contributed by atoms with Gasteiger partial charge in [0.25, 0.3) is 0 Å². The van der Waals surface area contributed by atoms with Crippen LogP contribution in [-0.2, 0) is 20.9 Å². The first-order chi connectivity index (χ1) is 16.0. The number of methoxy groups -OCH3 is 1. The maximum Gasteiger partial charge on any atom is 0.339 e. The van der Waals surface area contributed by atoms with Crippen LogP contribution < -0.4 is 9.80 Å². The van der Waals surface area contributed by atoms with Gasteiger partial charge in [0.2, 0.25) is 11.8 Å². The molecule has 1 unspecified atom stereocenters. The number of carbonyl (C=O) groups is 3. The van der Waals surface area contributed by atoms with Crippen molar-refractivity contribution in [2.45, 2.75) is 13.0 Å².